The van der Waals surface area contributed by atoms with Gasteiger partial charge in [-0.2, -0.15) is 5.26 Å². The van der Waals surface area contributed by atoms with Crippen LogP contribution in [0.3, 0.4) is 0 Å². The Kier molecular flexibility index (Phi) is 6.66. The van der Waals surface area contributed by atoms with Crippen molar-refractivity contribution >= 4 is 11.6 Å². The van der Waals surface area contributed by atoms with Gasteiger partial charge in [0, 0.05) is 18.3 Å². The highest BCUT2D eigenvalue weighted by Crippen LogP contribution is 2.29. The molecule has 0 aliphatic heterocycles. The van der Waals surface area contributed by atoms with Gasteiger partial charge in [-0.15, -0.1) is 0 Å². The van der Waals surface area contributed by atoms with Crippen molar-refractivity contribution in [2.24, 2.45) is 4.99 Å². The minimum absolute atomic E-state index is 0.508. The fourth-order valence-electron chi connectivity index (χ4n) is 2.21. The predicted octanol–water partition coefficient (Wildman–Crippen LogP) is 3.15. The summed E-state index contributed by atoms with van der Waals surface area (Å²) in [5, 5.41) is 15.3. The number of rotatable bonds is 6. The molecule has 0 saturated carbocycles. The van der Waals surface area contributed by atoms with Gasteiger partial charge in [0.05, 0.1) is 32.4 Å². The lowest BCUT2D eigenvalue weighted by Gasteiger charge is -2.14. The number of nitriles is 1. The normalized spacial score (nSPS) is 10.7. The number of hydrogen-bond donors (Lipinski definition) is 2. The lowest BCUT2D eigenvalue weighted by molar-refractivity contribution is 0.355. The van der Waals surface area contributed by atoms with E-state index in [2.05, 4.69) is 21.7 Å². The number of nitrogens with one attached hydrogen (secondary N) is 2. The second-order valence-corrected chi connectivity index (χ2v) is 5.20. The highest BCUT2D eigenvalue weighted by molar-refractivity contribution is 5.93. The van der Waals surface area contributed by atoms with Crippen molar-refractivity contribution in [3.05, 3.63) is 53.6 Å². The van der Waals surface area contributed by atoms with E-state index in [1.807, 2.05) is 37.3 Å². The van der Waals surface area contributed by atoms with Crippen LogP contribution in [0, 0.1) is 11.3 Å². The Hall–Kier alpha value is -3.20. The summed E-state index contributed by atoms with van der Waals surface area (Å²) in [6, 6.07) is 15.1. The second-order valence-electron chi connectivity index (χ2n) is 5.20. The highest BCUT2D eigenvalue weighted by Gasteiger charge is 2.06. The molecule has 6 heteroatoms. The number of anilines is 1. The van der Waals surface area contributed by atoms with E-state index < -0.39 is 0 Å². The molecule has 2 N–H and O–H groups in total. The average molecular weight is 338 g/mol. The number of methoxy groups -OCH3 is 2. The van der Waals surface area contributed by atoms with Crippen LogP contribution in [-0.2, 0) is 6.54 Å². The maximum absolute atomic E-state index is 8.84. The summed E-state index contributed by atoms with van der Waals surface area (Å²) in [6.07, 6.45) is 0. The summed E-state index contributed by atoms with van der Waals surface area (Å²) in [7, 11) is 3.21. The molecule has 0 unspecified atom stereocenters. The molecule has 0 aromatic heterocycles. The molecule has 6 nitrogen and oxygen atoms in total. The van der Waals surface area contributed by atoms with Gasteiger partial charge in [0.2, 0.25) is 0 Å². The first-order valence-electron chi connectivity index (χ1n) is 7.96. The Labute approximate surface area is 148 Å². The number of benzene rings is 2. The molecule has 0 aliphatic carbocycles. The van der Waals surface area contributed by atoms with Crippen LogP contribution in [0.2, 0.25) is 0 Å². The third-order valence-corrected chi connectivity index (χ3v) is 3.49. The zero-order valence-electron chi connectivity index (χ0n) is 14.7. The summed E-state index contributed by atoms with van der Waals surface area (Å²) in [5.41, 5.74) is 2.52. The van der Waals surface area contributed by atoms with Gasteiger partial charge in [0.25, 0.3) is 0 Å². The lowest BCUT2D eigenvalue weighted by Crippen LogP contribution is -2.30. The van der Waals surface area contributed by atoms with Crippen LogP contribution in [0.4, 0.5) is 5.69 Å². The van der Waals surface area contributed by atoms with E-state index in [9.17, 15) is 0 Å². The number of nitrogens with zero attached hydrogens (tertiary/aromatic N) is 2. The smallest absolute Gasteiger partial charge is 0.196 e. The van der Waals surface area contributed by atoms with Crippen molar-refractivity contribution in [2.45, 2.75) is 13.5 Å². The first-order valence-corrected chi connectivity index (χ1v) is 7.96. The van der Waals surface area contributed by atoms with Crippen LogP contribution in [0.1, 0.15) is 18.1 Å². The molecule has 2 aromatic rings. The van der Waals surface area contributed by atoms with Crippen molar-refractivity contribution in [1.82, 2.24) is 5.32 Å². The fraction of sp³-hybridized carbons (Fsp3) is 0.263. The van der Waals surface area contributed by atoms with Crippen LogP contribution in [-0.4, -0.2) is 26.7 Å². The van der Waals surface area contributed by atoms with Gasteiger partial charge in [-0.3, -0.25) is 0 Å². The molecule has 130 valence electrons. The van der Waals surface area contributed by atoms with Crippen LogP contribution in [0.15, 0.2) is 47.5 Å². The molecular formula is C19H22N4O2. The Morgan fingerprint density at radius 2 is 1.80 bits per heavy atom. The molecule has 25 heavy (non-hydrogen) atoms. The summed E-state index contributed by atoms with van der Waals surface area (Å²) in [5.74, 6) is 1.99. The van der Waals surface area contributed by atoms with Gasteiger partial charge in [0.15, 0.2) is 17.5 Å². The third kappa shape index (κ3) is 5.15. The molecule has 0 amide bonds. The molecule has 0 radical (unpaired) electrons. The monoisotopic (exact) mass is 338 g/mol. The summed E-state index contributed by atoms with van der Waals surface area (Å²) in [4.78, 5) is 4.57. The summed E-state index contributed by atoms with van der Waals surface area (Å²) in [6.45, 7) is 3.26. The van der Waals surface area contributed by atoms with Crippen molar-refractivity contribution in [2.75, 3.05) is 26.1 Å². The maximum Gasteiger partial charge on any atom is 0.196 e. The third-order valence-electron chi connectivity index (χ3n) is 3.49. The van der Waals surface area contributed by atoms with E-state index in [1.165, 1.54) is 0 Å². The molecule has 0 atom stereocenters. The summed E-state index contributed by atoms with van der Waals surface area (Å²) >= 11 is 0. The molecule has 2 aromatic carbocycles. The van der Waals surface area contributed by atoms with Gasteiger partial charge in [0.1, 0.15) is 0 Å². The SMILES string of the molecule is CCNC(=NCc1ccc(C#N)cc1)Nc1ccc(OC)c(OC)c1. The maximum atomic E-state index is 8.84. The van der Waals surface area contributed by atoms with E-state index in [0.29, 0.717) is 29.6 Å². The minimum Gasteiger partial charge on any atom is -0.493 e. The second kappa shape index (κ2) is 9.18. The molecule has 0 bridgehead atoms. The molecule has 2 rings (SSSR count). The Morgan fingerprint density at radius 3 is 2.40 bits per heavy atom. The molecule has 0 saturated heterocycles. The Morgan fingerprint density at radius 1 is 1.08 bits per heavy atom. The quantitative estimate of drug-likeness (QED) is 0.625. The molecule has 0 spiro atoms. The van der Waals surface area contributed by atoms with E-state index in [0.717, 1.165) is 17.8 Å². The zero-order valence-corrected chi connectivity index (χ0v) is 14.7. The number of guanidine groups is 1. The van der Waals surface area contributed by atoms with E-state index in [1.54, 1.807) is 26.4 Å². The van der Waals surface area contributed by atoms with Crippen molar-refractivity contribution in [1.29, 1.82) is 5.26 Å². The van der Waals surface area contributed by atoms with Crippen LogP contribution in [0.5, 0.6) is 11.5 Å². The largest absolute Gasteiger partial charge is 0.493 e. The van der Waals surface area contributed by atoms with Crippen LogP contribution in [0.25, 0.3) is 0 Å². The first-order chi connectivity index (χ1) is 12.2. The molecule has 0 fully saturated rings. The molecular weight excluding hydrogens is 316 g/mol. The van der Waals surface area contributed by atoms with Gasteiger partial charge >= 0.3 is 0 Å². The average Bonchev–Trinajstić information content (AvgIpc) is 2.66. The van der Waals surface area contributed by atoms with E-state index >= 15 is 0 Å². The molecule has 0 aliphatic rings. The van der Waals surface area contributed by atoms with Crippen molar-refractivity contribution < 1.29 is 9.47 Å². The molecule has 0 heterocycles. The predicted molar refractivity (Wildman–Crippen MR) is 99.1 cm³/mol. The standard InChI is InChI=1S/C19H22N4O2/c1-4-21-19(22-13-15-7-5-14(12-20)6-8-15)23-16-9-10-17(24-2)18(11-16)25-3/h5-11H,4,13H2,1-3H3,(H2,21,22,23). The number of ether oxygens (including phenoxy) is 2. The zero-order chi connectivity index (χ0) is 18.1. The van der Waals surface area contributed by atoms with Gasteiger partial charge in [-0.1, -0.05) is 12.1 Å². The Balaban J connectivity index is 2.12. The first kappa shape index (κ1) is 18.1. The van der Waals surface area contributed by atoms with E-state index in [4.69, 9.17) is 14.7 Å². The fourth-order valence-corrected chi connectivity index (χ4v) is 2.21. The van der Waals surface area contributed by atoms with Gasteiger partial charge in [-0.05, 0) is 36.8 Å². The van der Waals surface area contributed by atoms with Gasteiger partial charge < -0.3 is 20.1 Å². The van der Waals surface area contributed by atoms with Gasteiger partial charge in [-0.25, -0.2) is 4.99 Å². The Bertz CT molecular complexity index is 764. The minimum atomic E-state index is 0.508. The number of hydrogen-bond acceptors (Lipinski definition) is 4. The highest BCUT2D eigenvalue weighted by atomic mass is 16.5. The van der Waals surface area contributed by atoms with Crippen LogP contribution < -0.4 is 20.1 Å². The van der Waals surface area contributed by atoms with Crippen molar-refractivity contribution in [3.63, 3.8) is 0 Å². The number of aliphatic imine (C=N–C) groups is 1. The van der Waals surface area contributed by atoms with Crippen molar-refractivity contribution in [3.8, 4) is 17.6 Å². The van der Waals surface area contributed by atoms with E-state index in [-0.39, 0.29) is 0 Å². The topological polar surface area (TPSA) is 78.7 Å². The summed E-state index contributed by atoms with van der Waals surface area (Å²) < 4.78 is 10.6. The van der Waals surface area contributed by atoms with Crippen LogP contribution >= 0.6 is 0 Å². The lowest BCUT2D eigenvalue weighted by atomic mass is 10.1.